The lowest BCUT2D eigenvalue weighted by Crippen LogP contribution is -2.42. The Morgan fingerprint density at radius 2 is 2.11 bits per heavy atom. The minimum atomic E-state index is -1.41. The molecule has 6 heteroatoms. The molecule has 0 aromatic heterocycles. The number of benzene rings is 1. The van der Waals surface area contributed by atoms with E-state index in [9.17, 15) is 14.7 Å². The molecule has 96 valence electrons. The average Bonchev–Trinajstić information content (AvgIpc) is 2.29. The number of aliphatic carboxylic acids is 2. The van der Waals surface area contributed by atoms with Gasteiger partial charge in [-0.1, -0.05) is 12.1 Å². The van der Waals surface area contributed by atoms with E-state index in [1.807, 2.05) is 0 Å². The second-order valence-electron chi connectivity index (χ2n) is 4.17. The van der Waals surface area contributed by atoms with Crippen molar-refractivity contribution in [3.63, 3.8) is 0 Å². The van der Waals surface area contributed by atoms with E-state index in [4.69, 9.17) is 9.84 Å². The number of rotatable bonds is 3. The maximum absolute atomic E-state index is 11.6. The van der Waals surface area contributed by atoms with E-state index in [2.05, 4.69) is 15.9 Å². The summed E-state index contributed by atoms with van der Waals surface area (Å²) in [6.45, 7) is 0.190. The molecule has 1 aliphatic rings. The number of para-hydroxylation sites is 1. The molecule has 1 unspecified atom stereocenters. The second kappa shape index (κ2) is 4.61. The number of hydrogen-bond donors (Lipinski definition) is 2. The van der Waals surface area contributed by atoms with Crippen LogP contribution < -0.4 is 4.74 Å². The smallest absolute Gasteiger partial charge is 0.314 e. The molecule has 1 heterocycles. The second-order valence-corrected chi connectivity index (χ2v) is 5.03. The largest absolute Gasteiger partial charge is 0.492 e. The van der Waals surface area contributed by atoms with Crippen LogP contribution in [0.15, 0.2) is 22.7 Å². The zero-order valence-electron chi connectivity index (χ0n) is 9.35. The summed E-state index contributed by atoms with van der Waals surface area (Å²) >= 11 is 3.28. The van der Waals surface area contributed by atoms with Crippen molar-refractivity contribution in [2.24, 2.45) is 0 Å². The summed E-state index contributed by atoms with van der Waals surface area (Å²) in [5.74, 6) is -1.84. The highest BCUT2D eigenvalue weighted by molar-refractivity contribution is 9.10. The van der Waals surface area contributed by atoms with Gasteiger partial charge >= 0.3 is 11.9 Å². The van der Waals surface area contributed by atoms with Crippen molar-refractivity contribution < 1.29 is 24.5 Å². The van der Waals surface area contributed by atoms with E-state index in [0.29, 0.717) is 15.8 Å². The molecular formula is C12H11BrO5. The Hall–Kier alpha value is -1.56. The van der Waals surface area contributed by atoms with E-state index in [-0.39, 0.29) is 13.0 Å². The van der Waals surface area contributed by atoms with Crippen LogP contribution in [0.1, 0.15) is 18.4 Å². The SMILES string of the molecule is O=C(O)CC1(C(=O)O)CCOc2c(Br)cccc21. The summed E-state index contributed by atoms with van der Waals surface area (Å²) in [6, 6.07) is 5.02. The first kappa shape index (κ1) is 12.9. The third-order valence-electron chi connectivity index (χ3n) is 3.12. The monoisotopic (exact) mass is 314 g/mol. The molecule has 18 heavy (non-hydrogen) atoms. The maximum Gasteiger partial charge on any atom is 0.314 e. The van der Waals surface area contributed by atoms with Gasteiger partial charge in [-0.05, 0) is 22.0 Å². The average molecular weight is 315 g/mol. The third-order valence-corrected chi connectivity index (χ3v) is 3.74. The molecular weight excluding hydrogens is 304 g/mol. The van der Waals surface area contributed by atoms with Crippen LogP contribution in [0.25, 0.3) is 0 Å². The van der Waals surface area contributed by atoms with Crippen molar-refractivity contribution >= 4 is 27.9 Å². The van der Waals surface area contributed by atoms with Gasteiger partial charge in [0.1, 0.15) is 11.2 Å². The maximum atomic E-state index is 11.6. The predicted molar refractivity (Wildman–Crippen MR) is 65.8 cm³/mol. The quantitative estimate of drug-likeness (QED) is 0.891. The number of fused-ring (bicyclic) bond motifs is 1. The van der Waals surface area contributed by atoms with Gasteiger partial charge in [0.15, 0.2) is 0 Å². The molecule has 0 amide bonds. The summed E-state index contributed by atoms with van der Waals surface area (Å²) < 4.78 is 6.07. The number of carbonyl (C=O) groups is 2. The molecule has 0 bridgehead atoms. The van der Waals surface area contributed by atoms with Gasteiger partial charge in [0, 0.05) is 12.0 Å². The van der Waals surface area contributed by atoms with Crippen LogP contribution in [-0.4, -0.2) is 28.8 Å². The zero-order chi connectivity index (χ0) is 13.3. The van der Waals surface area contributed by atoms with Crippen LogP contribution in [0.4, 0.5) is 0 Å². The summed E-state index contributed by atoms with van der Waals surface area (Å²) in [5, 5.41) is 18.4. The van der Waals surface area contributed by atoms with E-state index in [1.54, 1.807) is 18.2 Å². The predicted octanol–water partition coefficient (Wildman–Crippen LogP) is 2.03. The summed E-state index contributed by atoms with van der Waals surface area (Å²) in [6.07, 6.45) is -0.298. The van der Waals surface area contributed by atoms with Crippen molar-refractivity contribution in [3.05, 3.63) is 28.2 Å². The number of hydrogen-bond acceptors (Lipinski definition) is 3. The summed E-state index contributed by atoms with van der Waals surface area (Å²) in [4.78, 5) is 22.5. The van der Waals surface area contributed by atoms with Crippen LogP contribution >= 0.6 is 15.9 Å². The molecule has 1 aromatic rings. The van der Waals surface area contributed by atoms with E-state index in [1.165, 1.54) is 0 Å². The van der Waals surface area contributed by atoms with Gasteiger partial charge in [-0.25, -0.2) is 0 Å². The topological polar surface area (TPSA) is 83.8 Å². The van der Waals surface area contributed by atoms with Crippen LogP contribution in [-0.2, 0) is 15.0 Å². The Morgan fingerprint density at radius 3 is 2.72 bits per heavy atom. The van der Waals surface area contributed by atoms with Gasteiger partial charge in [-0.15, -0.1) is 0 Å². The lowest BCUT2D eigenvalue weighted by Gasteiger charge is -2.34. The van der Waals surface area contributed by atoms with Crippen LogP contribution in [0.2, 0.25) is 0 Å². The number of halogens is 1. The molecule has 0 radical (unpaired) electrons. The molecule has 1 aliphatic heterocycles. The molecule has 0 saturated heterocycles. The molecule has 2 rings (SSSR count). The molecule has 2 N–H and O–H groups in total. The van der Waals surface area contributed by atoms with Crippen molar-refractivity contribution in [1.29, 1.82) is 0 Å². The van der Waals surface area contributed by atoms with Crippen molar-refractivity contribution in [3.8, 4) is 5.75 Å². The third kappa shape index (κ3) is 1.96. The number of ether oxygens (including phenoxy) is 1. The Morgan fingerprint density at radius 1 is 1.39 bits per heavy atom. The van der Waals surface area contributed by atoms with Crippen molar-refractivity contribution in [1.82, 2.24) is 0 Å². The van der Waals surface area contributed by atoms with Gasteiger partial charge in [0.05, 0.1) is 17.5 Å². The van der Waals surface area contributed by atoms with Crippen LogP contribution in [0.3, 0.4) is 0 Å². The minimum absolute atomic E-state index is 0.151. The van der Waals surface area contributed by atoms with Gasteiger partial charge in [0.2, 0.25) is 0 Å². The highest BCUT2D eigenvalue weighted by Crippen LogP contribution is 2.44. The first-order valence-corrected chi connectivity index (χ1v) is 6.13. The van der Waals surface area contributed by atoms with E-state index in [0.717, 1.165) is 0 Å². The Balaban J connectivity index is 2.61. The fourth-order valence-corrected chi connectivity index (χ4v) is 2.71. The number of carboxylic acids is 2. The molecule has 0 spiro atoms. The number of carboxylic acid groups (broad SMARTS) is 2. The molecule has 0 aliphatic carbocycles. The van der Waals surface area contributed by atoms with Gasteiger partial charge in [-0.2, -0.15) is 0 Å². The van der Waals surface area contributed by atoms with Gasteiger partial charge in [-0.3, -0.25) is 9.59 Å². The van der Waals surface area contributed by atoms with E-state index >= 15 is 0 Å². The van der Waals surface area contributed by atoms with E-state index < -0.39 is 23.8 Å². The first-order chi connectivity index (χ1) is 8.47. The lowest BCUT2D eigenvalue weighted by atomic mass is 9.73. The fraction of sp³-hybridized carbons (Fsp3) is 0.333. The zero-order valence-corrected chi connectivity index (χ0v) is 10.9. The summed E-state index contributed by atoms with van der Waals surface area (Å²) in [5.41, 5.74) is -0.999. The Bertz CT molecular complexity index is 513. The first-order valence-electron chi connectivity index (χ1n) is 5.34. The van der Waals surface area contributed by atoms with Crippen LogP contribution in [0.5, 0.6) is 5.75 Å². The van der Waals surface area contributed by atoms with Gasteiger partial charge < -0.3 is 14.9 Å². The minimum Gasteiger partial charge on any atom is -0.492 e. The highest BCUT2D eigenvalue weighted by atomic mass is 79.9. The molecule has 5 nitrogen and oxygen atoms in total. The fourth-order valence-electron chi connectivity index (χ4n) is 2.23. The Kier molecular flexibility index (Phi) is 3.30. The van der Waals surface area contributed by atoms with Gasteiger partial charge in [0.25, 0.3) is 0 Å². The molecule has 1 aromatic carbocycles. The van der Waals surface area contributed by atoms with Crippen LogP contribution in [0, 0.1) is 0 Å². The standard InChI is InChI=1S/C12H11BrO5/c13-8-3-1-2-7-10(8)18-5-4-12(7,11(16)17)6-9(14)15/h1-3H,4-6H2,(H,14,15)(H,16,17). The van der Waals surface area contributed by atoms with Crippen molar-refractivity contribution in [2.75, 3.05) is 6.61 Å². The lowest BCUT2D eigenvalue weighted by molar-refractivity contribution is -0.151. The Labute approximate surface area is 112 Å². The molecule has 0 fully saturated rings. The van der Waals surface area contributed by atoms with Crippen molar-refractivity contribution in [2.45, 2.75) is 18.3 Å². The molecule has 0 saturated carbocycles. The molecule has 1 atom stereocenters. The summed E-state index contributed by atoms with van der Waals surface area (Å²) in [7, 11) is 0. The normalized spacial score (nSPS) is 21.8. The highest BCUT2D eigenvalue weighted by Gasteiger charge is 2.47.